The van der Waals surface area contributed by atoms with Crippen LogP contribution in [-0.2, 0) is 9.53 Å². The molecule has 1 aliphatic rings. The molecule has 116 valence electrons. The van der Waals surface area contributed by atoms with E-state index in [-0.39, 0.29) is 18.1 Å². The third kappa shape index (κ3) is 4.11. The second-order valence-corrected chi connectivity index (χ2v) is 6.11. The SMILES string of the molecule is Cc1cc(Cl)ccc1O[C@H](C)C(=O)N1C[C@H](C)O[C@@H](C)C1. The lowest BCUT2D eigenvalue weighted by atomic mass is 10.2. The van der Waals surface area contributed by atoms with Crippen LogP contribution in [0.15, 0.2) is 18.2 Å². The Morgan fingerprint density at radius 1 is 1.38 bits per heavy atom. The molecule has 1 aliphatic heterocycles. The maximum Gasteiger partial charge on any atom is 0.263 e. The van der Waals surface area contributed by atoms with Crippen LogP contribution < -0.4 is 4.74 Å². The molecule has 0 N–H and O–H groups in total. The summed E-state index contributed by atoms with van der Waals surface area (Å²) in [6, 6.07) is 5.39. The maximum absolute atomic E-state index is 12.5. The number of nitrogens with zero attached hydrogens (tertiary/aromatic N) is 1. The Morgan fingerprint density at radius 3 is 2.57 bits per heavy atom. The van der Waals surface area contributed by atoms with E-state index >= 15 is 0 Å². The Labute approximate surface area is 131 Å². The predicted molar refractivity (Wildman–Crippen MR) is 82.9 cm³/mol. The van der Waals surface area contributed by atoms with E-state index in [2.05, 4.69) is 0 Å². The molecule has 1 amide bonds. The Bertz CT molecular complexity index is 510. The number of halogens is 1. The highest BCUT2D eigenvalue weighted by Crippen LogP contribution is 2.23. The van der Waals surface area contributed by atoms with Crippen LogP contribution in [0.3, 0.4) is 0 Å². The molecular weight excluding hydrogens is 290 g/mol. The van der Waals surface area contributed by atoms with Gasteiger partial charge >= 0.3 is 0 Å². The normalized spacial score (nSPS) is 23.8. The number of carbonyl (C=O) groups excluding carboxylic acids is 1. The van der Waals surface area contributed by atoms with Gasteiger partial charge in [-0.15, -0.1) is 0 Å². The van der Waals surface area contributed by atoms with Crippen molar-refractivity contribution in [3.05, 3.63) is 28.8 Å². The summed E-state index contributed by atoms with van der Waals surface area (Å²) in [7, 11) is 0. The molecule has 0 unspecified atom stereocenters. The number of rotatable bonds is 3. The first-order valence-electron chi connectivity index (χ1n) is 7.24. The highest BCUT2D eigenvalue weighted by Gasteiger charge is 2.29. The molecule has 0 radical (unpaired) electrons. The van der Waals surface area contributed by atoms with Crippen LogP contribution in [0.5, 0.6) is 5.75 Å². The van der Waals surface area contributed by atoms with E-state index < -0.39 is 6.10 Å². The van der Waals surface area contributed by atoms with Crippen LogP contribution in [0, 0.1) is 6.92 Å². The minimum absolute atomic E-state index is 0.00801. The summed E-state index contributed by atoms with van der Waals surface area (Å²) in [5.41, 5.74) is 0.922. The Kier molecular flexibility index (Phi) is 5.12. The molecular formula is C16H22ClNO3. The zero-order chi connectivity index (χ0) is 15.6. The largest absolute Gasteiger partial charge is 0.481 e. The summed E-state index contributed by atoms with van der Waals surface area (Å²) < 4.78 is 11.4. The van der Waals surface area contributed by atoms with Crippen LogP contribution in [-0.4, -0.2) is 42.2 Å². The van der Waals surface area contributed by atoms with Gasteiger partial charge in [-0.1, -0.05) is 11.6 Å². The summed E-state index contributed by atoms with van der Waals surface area (Å²) in [4.78, 5) is 14.3. The molecule has 0 aliphatic carbocycles. The monoisotopic (exact) mass is 311 g/mol. The van der Waals surface area contributed by atoms with Gasteiger partial charge in [-0.2, -0.15) is 0 Å². The van der Waals surface area contributed by atoms with Crippen LogP contribution in [0.2, 0.25) is 5.02 Å². The molecule has 0 bridgehead atoms. The summed E-state index contributed by atoms with van der Waals surface area (Å²) in [6.07, 6.45) is -0.410. The molecule has 21 heavy (non-hydrogen) atoms. The zero-order valence-electron chi connectivity index (χ0n) is 12.9. The van der Waals surface area contributed by atoms with E-state index in [1.54, 1.807) is 19.1 Å². The van der Waals surface area contributed by atoms with Crippen LogP contribution >= 0.6 is 11.6 Å². The molecule has 1 fully saturated rings. The van der Waals surface area contributed by atoms with E-state index in [1.165, 1.54) is 0 Å². The molecule has 1 saturated heterocycles. The molecule has 1 aromatic rings. The number of carbonyl (C=O) groups is 1. The molecule has 2 rings (SSSR count). The number of benzene rings is 1. The van der Waals surface area contributed by atoms with E-state index in [4.69, 9.17) is 21.1 Å². The van der Waals surface area contributed by atoms with E-state index in [0.29, 0.717) is 23.9 Å². The summed E-state index contributed by atoms with van der Waals surface area (Å²) >= 11 is 5.93. The molecule has 1 heterocycles. The van der Waals surface area contributed by atoms with Gasteiger partial charge in [-0.3, -0.25) is 4.79 Å². The highest BCUT2D eigenvalue weighted by atomic mass is 35.5. The summed E-state index contributed by atoms with van der Waals surface area (Å²) in [5, 5.41) is 0.662. The first-order valence-corrected chi connectivity index (χ1v) is 7.61. The van der Waals surface area contributed by atoms with E-state index in [0.717, 1.165) is 5.56 Å². The average Bonchev–Trinajstić information content (AvgIpc) is 2.40. The molecule has 1 aromatic carbocycles. The van der Waals surface area contributed by atoms with Crippen molar-refractivity contribution in [1.29, 1.82) is 0 Å². The number of aryl methyl sites for hydroxylation is 1. The zero-order valence-corrected chi connectivity index (χ0v) is 13.7. The van der Waals surface area contributed by atoms with Crippen LogP contribution in [0.25, 0.3) is 0 Å². The van der Waals surface area contributed by atoms with Crippen molar-refractivity contribution in [2.45, 2.75) is 46.0 Å². The van der Waals surface area contributed by atoms with Crippen molar-refractivity contribution in [1.82, 2.24) is 4.90 Å². The van der Waals surface area contributed by atoms with Crippen molar-refractivity contribution in [2.75, 3.05) is 13.1 Å². The topological polar surface area (TPSA) is 38.8 Å². The van der Waals surface area contributed by atoms with Gasteiger partial charge in [-0.25, -0.2) is 0 Å². The van der Waals surface area contributed by atoms with Crippen LogP contribution in [0.1, 0.15) is 26.3 Å². The standard InChI is InChI=1S/C16H22ClNO3/c1-10-7-14(17)5-6-15(10)21-13(4)16(19)18-8-11(2)20-12(3)9-18/h5-7,11-13H,8-9H2,1-4H3/t11-,12-,13+/m0/s1. The molecule has 5 heteroatoms. The van der Waals surface area contributed by atoms with Crippen molar-refractivity contribution < 1.29 is 14.3 Å². The van der Waals surface area contributed by atoms with Gasteiger partial charge in [0.15, 0.2) is 6.10 Å². The number of hydrogen-bond donors (Lipinski definition) is 0. The maximum atomic E-state index is 12.5. The van der Waals surface area contributed by atoms with E-state index in [9.17, 15) is 4.79 Å². The Balaban J connectivity index is 2.02. The lowest BCUT2D eigenvalue weighted by Gasteiger charge is -2.36. The number of amides is 1. The van der Waals surface area contributed by atoms with E-state index in [1.807, 2.05) is 31.7 Å². The second kappa shape index (κ2) is 6.67. The average molecular weight is 312 g/mol. The first kappa shape index (κ1) is 16.1. The molecule has 4 nitrogen and oxygen atoms in total. The van der Waals surface area contributed by atoms with Crippen molar-refractivity contribution >= 4 is 17.5 Å². The fraction of sp³-hybridized carbons (Fsp3) is 0.562. The van der Waals surface area contributed by atoms with Gasteiger partial charge in [0.2, 0.25) is 0 Å². The Morgan fingerprint density at radius 2 is 2.00 bits per heavy atom. The van der Waals surface area contributed by atoms with Crippen LogP contribution in [0.4, 0.5) is 0 Å². The fourth-order valence-electron chi connectivity index (χ4n) is 2.60. The number of ether oxygens (including phenoxy) is 2. The third-order valence-corrected chi connectivity index (χ3v) is 3.75. The molecule has 0 spiro atoms. The van der Waals surface area contributed by atoms with Gasteiger partial charge in [0.1, 0.15) is 5.75 Å². The Hall–Kier alpha value is -1.26. The van der Waals surface area contributed by atoms with Crippen molar-refractivity contribution in [3.63, 3.8) is 0 Å². The quantitative estimate of drug-likeness (QED) is 0.861. The van der Waals surface area contributed by atoms with Gasteiger partial charge in [-0.05, 0) is 51.5 Å². The van der Waals surface area contributed by atoms with Gasteiger partial charge in [0.25, 0.3) is 5.91 Å². The number of morpholine rings is 1. The van der Waals surface area contributed by atoms with Gasteiger partial charge in [0, 0.05) is 18.1 Å². The summed E-state index contributed by atoms with van der Waals surface area (Å²) in [6.45, 7) is 8.86. The van der Waals surface area contributed by atoms with Crippen molar-refractivity contribution in [3.8, 4) is 5.75 Å². The lowest BCUT2D eigenvalue weighted by Crippen LogP contribution is -2.51. The number of hydrogen-bond acceptors (Lipinski definition) is 3. The second-order valence-electron chi connectivity index (χ2n) is 5.67. The van der Waals surface area contributed by atoms with Crippen molar-refractivity contribution in [2.24, 2.45) is 0 Å². The lowest BCUT2D eigenvalue weighted by molar-refractivity contribution is -0.149. The summed E-state index contributed by atoms with van der Waals surface area (Å²) in [5.74, 6) is 0.681. The fourth-order valence-corrected chi connectivity index (χ4v) is 2.83. The highest BCUT2D eigenvalue weighted by molar-refractivity contribution is 6.30. The molecule has 0 aromatic heterocycles. The molecule has 3 atom stereocenters. The minimum Gasteiger partial charge on any atom is -0.481 e. The first-order chi connectivity index (χ1) is 9.86. The molecule has 0 saturated carbocycles. The van der Waals surface area contributed by atoms with Gasteiger partial charge < -0.3 is 14.4 Å². The smallest absolute Gasteiger partial charge is 0.263 e. The van der Waals surface area contributed by atoms with Gasteiger partial charge in [0.05, 0.1) is 12.2 Å². The predicted octanol–water partition coefficient (Wildman–Crippen LogP) is 3.05. The third-order valence-electron chi connectivity index (χ3n) is 3.52. The minimum atomic E-state index is -0.526.